The third-order valence-electron chi connectivity index (χ3n) is 4.44. The Kier molecular flexibility index (Phi) is 6.22. The summed E-state index contributed by atoms with van der Waals surface area (Å²) < 4.78 is 5.86. The summed E-state index contributed by atoms with van der Waals surface area (Å²) in [6.07, 6.45) is 5.86. The first kappa shape index (κ1) is 18.0. The second-order valence-corrected chi connectivity index (χ2v) is 7.56. The van der Waals surface area contributed by atoms with E-state index in [-0.39, 0.29) is 17.2 Å². The van der Waals surface area contributed by atoms with E-state index in [1.807, 2.05) is 6.20 Å². The Hall–Kier alpha value is -1.36. The van der Waals surface area contributed by atoms with Crippen molar-refractivity contribution in [1.29, 1.82) is 0 Å². The van der Waals surface area contributed by atoms with Crippen molar-refractivity contribution in [3.63, 3.8) is 0 Å². The Morgan fingerprint density at radius 3 is 2.65 bits per heavy atom. The molecule has 0 aliphatic carbocycles. The summed E-state index contributed by atoms with van der Waals surface area (Å²) >= 11 is 0. The molecular weight excluding hydrogens is 290 g/mol. The van der Waals surface area contributed by atoms with Crippen molar-refractivity contribution in [1.82, 2.24) is 15.2 Å². The number of hydrogen-bond donors (Lipinski definition) is 1. The van der Waals surface area contributed by atoms with Gasteiger partial charge in [-0.2, -0.15) is 0 Å². The Balaban J connectivity index is 1.76. The van der Waals surface area contributed by atoms with Gasteiger partial charge in [0.2, 0.25) is 11.8 Å². The van der Waals surface area contributed by atoms with Crippen LogP contribution in [0.3, 0.4) is 0 Å². The van der Waals surface area contributed by atoms with Crippen LogP contribution in [-0.2, 0) is 16.8 Å². The van der Waals surface area contributed by atoms with Crippen LogP contribution < -0.4 is 5.32 Å². The molecular formula is C18H31N3O2. The predicted molar refractivity (Wildman–Crippen MR) is 91.1 cm³/mol. The highest BCUT2D eigenvalue weighted by Gasteiger charge is 2.26. The lowest BCUT2D eigenvalue weighted by Gasteiger charge is -2.30. The van der Waals surface area contributed by atoms with Gasteiger partial charge in [0, 0.05) is 17.9 Å². The molecule has 0 unspecified atom stereocenters. The highest BCUT2D eigenvalue weighted by atomic mass is 16.4. The lowest BCUT2D eigenvalue weighted by molar-refractivity contribution is -0.126. The van der Waals surface area contributed by atoms with Gasteiger partial charge >= 0.3 is 0 Å². The van der Waals surface area contributed by atoms with Crippen LogP contribution in [-0.4, -0.2) is 35.4 Å². The smallest absolute Gasteiger partial charge is 0.223 e. The maximum absolute atomic E-state index is 12.1. The zero-order chi connectivity index (χ0) is 16.9. The number of unbranched alkanes of at least 4 members (excludes halogenated alkanes) is 1. The first-order valence-corrected chi connectivity index (χ1v) is 8.85. The molecule has 1 saturated heterocycles. The minimum atomic E-state index is -0.00514. The predicted octanol–water partition coefficient (Wildman–Crippen LogP) is 3.10. The molecule has 0 aromatic carbocycles. The minimum Gasteiger partial charge on any atom is -0.444 e. The summed E-state index contributed by atoms with van der Waals surface area (Å²) in [6.45, 7) is 11.9. The van der Waals surface area contributed by atoms with E-state index < -0.39 is 0 Å². The fourth-order valence-electron chi connectivity index (χ4n) is 2.81. The van der Waals surface area contributed by atoms with Gasteiger partial charge in [-0.3, -0.25) is 9.69 Å². The molecule has 1 aliphatic heterocycles. The number of carbonyl (C=O) groups excluding carboxylic acids is 1. The highest BCUT2D eigenvalue weighted by Crippen LogP contribution is 2.24. The summed E-state index contributed by atoms with van der Waals surface area (Å²) in [4.78, 5) is 18.8. The Morgan fingerprint density at radius 2 is 2.09 bits per heavy atom. The third kappa shape index (κ3) is 5.34. The average Bonchev–Trinajstić information content (AvgIpc) is 2.97. The second-order valence-electron chi connectivity index (χ2n) is 7.56. The molecule has 23 heavy (non-hydrogen) atoms. The van der Waals surface area contributed by atoms with Crippen LogP contribution in [0.25, 0.3) is 0 Å². The zero-order valence-electron chi connectivity index (χ0n) is 15.0. The van der Waals surface area contributed by atoms with Crippen molar-refractivity contribution in [3.8, 4) is 0 Å². The molecule has 0 atom stereocenters. The van der Waals surface area contributed by atoms with Gasteiger partial charge < -0.3 is 9.73 Å². The molecule has 1 amide bonds. The van der Waals surface area contributed by atoms with Crippen molar-refractivity contribution in [3.05, 3.63) is 17.8 Å². The van der Waals surface area contributed by atoms with Gasteiger partial charge in [-0.1, -0.05) is 34.1 Å². The van der Waals surface area contributed by atoms with Gasteiger partial charge in [0.1, 0.15) is 5.76 Å². The zero-order valence-corrected chi connectivity index (χ0v) is 15.0. The average molecular weight is 321 g/mol. The van der Waals surface area contributed by atoms with Gasteiger partial charge in [-0.05, 0) is 32.4 Å². The lowest BCUT2D eigenvalue weighted by atomic mass is 9.94. The number of hydrogen-bond acceptors (Lipinski definition) is 4. The van der Waals surface area contributed by atoms with Gasteiger partial charge in [0.15, 0.2) is 0 Å². The van der Waals surface area contributed by atoms with E-state index in [9.17, 15) is 4.79 Å². The minimum absolute atomic E-state index is 0.00514. The molecule has 1 aromatic rings. The van der Waals surface area contributed by atoms with Crippen LogP contribution in [0, 0.1) is 5.92 Å². The van der Waals surface area contributed by atoms with Gasteiger partial charge in [-0.25, -0.2) is 4.98 Å². The number of aromatic nitrogens is 1. The van der Waals surface area contributed by atoms with E-state index in [0.717, 1.165) is 63.5 Å². The lowest BCUT2D eigenvalue weighted by Crippen LogP contribution is -2.40. The summed E-state index contributed by atoms with van der Waals surface area (Å²) in [5, 5.41) is 3.05. The number of nitrogens with zero attached hydrogens (tertiary/aromatic N) is 2. The Morgan fingerprint density at radius 1 is 1.39 bits per heavy atom. The molecule has 0 bridgehead atoms. The summed E-state index contributed by atoms with van der Waals surface area (Å²) in [5.41, 5.74) is -0.00514. The molecule has 1 fully saturated rings. The number of amides is 1. The van der Waals surface area contributed by atoms with Gasteiger partial charge in [0.25, 0.3) is 0 Å². The molecule has 5 nitrogen and oxygen atoms in total. The Labute approximate surface area is 139 Å². The van der Waals surface area contributed by atoms with Crippen LogP contribution in [0.5, 0.6) is 0 Å². The van der Waals surface area contributed by atoms with Gasteiger partial charge in [0.05, 0.1) is 12.7 Å². The molecule has 1 N–H and O–H groups in total. The number of piperidine rings is 1. The molecule has 1 aliphatic rings. The maximum Gasteiger partial charge on any atom is 0.223 e. The number of rotatable bonds is 6. The van der Waals surface area contributed by atoms with Crippen LogP contribution in [0.2, 0.25) is 0 Å². The molecule has 5 heteroatoms. The molecule has 130 valence electrons. The molecule has 0 saturated carbocycles. The maximum atomic E-state index is 12.1. The summed E-state index contributed by atoms with van der Waals surface area (Å²) in [7, 11) is 0. The van der Waals surface area contributed by atoms with E-state index in [1.54, 1.807) is 0 Å². The number of likely N-dealkylation sites (tertiary alicyclic amines) is 1. The Bertz CT molecular complexity index is 497. The second kappa shape index (κ2) is 7.95. The van der Waals surface area contributed by atoms with E-state index in [2.05, 4.69) is 42.9 Å². The quantitative estimate of drug-likeness (QED) is 0.818. The first-order valence-electron chi connectivity index (χ1n) is 8.85. The first-order chi connectivity index (χ1) is 10.9. The largest absolute Gasteiger partial charge is 0.444 e. The van der Waals surface area contributed by atoms with Crippen LogP contribution in [0.4, 0.5) is 0 Å². The normalized spacial score (nSPS) is 17.4. The number of carbonyl (C=O) groups is 1. The monoisotopic (exact) mass is 321 g/mol. The molecule has 1 aromatic heterocycles. The van der Waals surface area contributed by atoms with Gasteiger partial charge in [-0.15, -0.1) is 0 Å². The van der Waals surface area contributed by atoms with Crippen molar-refractivity contribution >= 4 is 5.91 Å². The fourth-order valence-corrected chi connectivity index (χ4v) is 2.81. The molecule has 2 rings (SSSR count). The highest BCUT2D eigenvalue weighted by molar-refractivity contribution is 5.78. The van der Waals surface area contributed by atoms with E-state index in [0.29, 0.717) is 0 Å². The fraction of sp³-hybridized carbons (Fsp3) is 0.778. The number of nitrogens with one attached hydrogen (secondary N) is 1. The van der Waals surface area contributed by atoms with Crippen molar-refractivity contribution in [2.45, 2.75) is 65.3 Å². The topological polar surface area (TPSA) is 58.4 Å². The summed E-state index contributed by atoms with van der Waals surface area (Å²) in [6, 6.07) is 0. The van der Waals surface area contributed by atoms with Crippen molar-refractivity contribution in [2.75, 3.05) is 19.6 Å². The van der Waals surface area contributed by atoms with Crippen LogP contribution in [0.1, 0.15) is 65.0 Å². The molecule has 2 heterocycles. The molecule has 0 spiro atoms. The van der Waals surface area contributed by atoms with E-state index >= 15 is 0 Å². The summed E-state index contributed by atoms with van der Waals surface area (Å²) in [5.74, 6) is 2.10. The van der Waals surface area contributed by atoms with Crippen LogP contribution >= 0.6 is 0 Å². The van der Waals surface area contributed by atoms with Crippen molar-refractivity contribution < 1.29 is 9.21 Å². The standard InChI is InChI=1S/C18H31N3O2/c1-5-6-9-19-17(22)14-7-10-21(11-8-14)13-16-20-12-15(23-16)18(2,3)4/h12,14H,5-11,13H2,1-4H3,(H,19,22). The number of oxazole rings is 1. The third-order valence-corrected chi connectivity index (χ3v) is 4.44. The van der Waals surface area contributed by atoms with E-state index in [1.165, 1.54) is 0 Å². The SMILES string of the molecule is CCCCNC(=O)C1CCN(Cc2ncc(C(C)(C)C)o2)CC1. The van der Waals surface area contributed by atoms with E-state index in [4.69, 9.17) is 4.42 Å². The van der Waals surface area contributed by atoms with Crippen LogP contribution in [0.15, 0.2) is 10.6 Å². The molecule has 0 radical (unpaired) electrons. The van der Waals surface area contributed by atoms with Crippen molar-refractivity contribution in [2.24, 2.45) is 5.92 Å².